The molecule has 2 rings (SSSR count). The molecule has 0 saturated heterocycles. The van der Waals surface area contributed by atoms with E-state index in [2.05, 4.69) is 26.2 Å². The Balaban J connectivity index is 1.95. The topological polar surface area (TPSA) is 62.3 Å². The van der Waals surface area contributed by atoms with Crippen LogP contribution in [0.2, 0.25) is 0 Å². The molecule has 0 aliphatic heterocycles. The molecule has 18 heavy (non-hydrogen) atoms. The number of hydrogen-bond donors (Lipinski definition) is 1. The minimum absolute atomic E-state index is 0.0539. The van der Waals surface area contributed by atoms with Crippen molar-refractivity contribution in [2.24, 2.45) is 0 Å². The van der Waals surface area contributed by atoms with Crippen LogP contribution in [0, 0.1) is 0 Å². The van der Waals surface area contributed by atoms with E-state index in [1.807, 2.05) is 0 Å². The summed E-state index contributed by atoms with van der Waals surface area (Å²) < 4.78 is 0.629. The predicted molar refractivity (Wildman–Crippen MR) is 70.1 cm³/mol. The summed E-state index contributed by atoms with van der Waals surface area (Å²) in [4.78, 5) is 29.0. The summed E-state index contributed by atoms with van der Waals surface area (Å²) in [7, 11) is 1.59. The van der Waals surface area contributed by atoms with E-state index < -0.39 is 0 Å². The van der Waals surface area contributed by atoms with E-state index >= 15 is 0 Å². The molecule has 0 spiro atoms. The molecule has 1 fully saturated rings. The van der Waals surface area contributed by atoms with Crippen LogP contribution in [0.15, 0.2) is 22.8 Å². The van der Waals surface area contributed by atoms with Gasteiger partial charge in [0.25, 0.3) is 5.91 Å². The Morgan fingerprint density at radius 3 is 2.89 bits per heavy atom. The molecule has 1 heterocycles. The van der Waals surface area contributed by atoms with Crippen molar-refractivity contribution in [1.82, 2.24) is 15.2 Å². The quantitative estimate of drug-likeness (QED) is 0.908. The lowest BCUT2D eigenvalue weighted by molar-refractivity contribution is -0.121. The smallest absolute Gasteiger partial charge is 0.273 e. The van der Waals surface area contributed by atoms with Crippen molar-refractivity contribution in [2.45, 2.75) is 18.9 Å². The summed E-state index contributed by atoms with van der Waals surface area (Å²) >= 11 is 3.27. The van der Waals surface area contributed by atoms with Gasteiger partial charge in [-0.05, 0) is 40.9 Å². The van der Waals surface area contributed by atoms with Gasteiger partial charge in [-0.15, -0.1) is 0 Å². The molecule has 0 atom stereocenters. The van der Waals surface area contributed by atoms with Gasteiger partial charge in [-0.2, -0.15) is 0 Å². The van der Waals surface area contributed by atoms with Crippen LogP contribution >= 0.6 is 15.9 Å². The number of halogens is 1. The highest BCUT2D eigenvalue weighted by molar-refractivity contribution is 9.10. The van der Waals surface area contributed by atoms with E-state index in [1.54, 1.807) is 25.4 Å². The number of pyridine rings is 1. The Morgan fingerprint density at radius 2 is 2.28 bits per heavy atom. The van der Waals surface area contributed by atoms with Gasteiger partial charge >= 0.3 is 0 Å². The first-order chi connectivity index (χ1) is 8.58. The molecule has 5 nitrogen and oxygen atoms in total. The molecule has 1 saturated carbocycles. The van der Waals surface area contributed by atoms with Gasteiger partial charge in [0.2, 0.25) is 5.91 Å². The third-order valence-corrected chi connectivity index (χ3v) is 3.27. The van der Waals surface area contributed by atoms with Crippen LogP contribution in [0.1, 0.15) is 23.3 Å². The summed E-state index contributed by atoms with van der Waals surface area (Å²) in [5, 5.41) is 2.84. The van der Waals surface area contributed by atoms with Crippen LogP contribution in [0.4, 0.5) is 0 Å². The normalized spacial score (nSPS) is 14.1. The van der Waals surface area contributed by atoms with E-state index in [0.29, 0.717) is 16.2 Å². The lowest BCUT2D eigenvalue weighted by atomic mass is 10.3. The molecule has 0 bridgehead atoms. The van der Waals surface area contributed by atoms with Crippen LogP contribution in [-0.2, 0) is 4.79 Å². The molecule has 2 amide bonds. The van der Waals surface area contributed by atoms with Crippen molar-refractivity contribution in [2.75, 3.05) is 13.6 Å². The minimum Gasteiger partial charge on any atom is -0.352 e. The fraction of sp³-hybridized carbons (Fsp3) is 0.417. The molecular weight excluding hydrogens is 298 g/mol. The zero-order valence-electron chi connectivity index (χ0n) is 10.0. The van der Waals surface area contributed by atoms with Crippen molar-refractivity contribution >= 4 is 27.7 Å². The highest BCUT2D eigenvalue weighted by atomic mass is 79.9. The monoisotopic (exact) mass is 311 g/mol. The third-order valence-electron chi connectivity index (χ3n) is 2.63. The predicted octanol–water partition coefficient (Wildman–Crippen LogP) is 1.19. The molecule has 1 aliphatic rings. The molecule has 1 aromatic rings. The summed E-state index contributed by atoms with van der Waals surface area (Å²) in [6.45, 7) is 0.0539. The number of rotatable bonds is 4. The molecule has 0 radical (unpaired) electrons. The van der Waals surface area contributed by atoms with Crippen LogP contribution in [0.25, 0.3) is 0 Å². The van der Waals surface area contributed by atoms with Gasteiger partial charge in [-0.1, -0.05) is 0 Å². The third kappa shape index (κ3) is 3.29. The number of nitrogens with one attached hydrogen (secondary N) is 1. The van der Waals surface area contributed by atoms with E-state index in [-0.39, 0.29) is 18.4 Å². The highest BCUT2D eigenvalue weighted by Crippen LogP contribution is 2.18. The van der Waals surface area contributed by atoms with E-state index in [4.69, 9.17) is 0 Å². The van der Waals surface area contributed by atoms with Crippen LogP contribution < -0.4 is 5.32 Å². The Bertz CT molecular complexity index is 474. The van der Waals surface area contributed by atoms with Crippen molar-refractivity contribution in [3.8, 4) is 0 Å². The molecule has 1 aromatic heterocycles. The maximum Gasteiger partial charge on any atom is 0.273 e. The van der Waals surface area contributed by atoms with Gasteiger partial charge in [0.15, 0.2) is 0 Å². The maximum atomic E-state index is 12.1. The van der Waals surface area contributed by atoms with Crippen molar-refractivity contribution in [1.29, 1.82) is 0 Å². The first kappa shape index (κ1) is 13.0. The second-order valence-corrected chi connectivity index (χ2v) is 5.19. The summed E-state index contributed by atoms with van der Waals surface area (Å²) in [6, 6.07) is 3.79. The second kappa shape index (κ2) is 5.48. The van der Waals surface area contributed by atoms with Crippen LogP contribution in [0.3, 0.4) is 0 Å². The molecule has 96 valence electrons. The van der Waals surface area contributed by atoms with E-state index in [1.165, 1.54) is 4.90 Å². The Hall–Kier alpha value is -1.43. The van der Waals surface area contributed by atoms with E-state index in [9.17, 15) is 9.59 Å². The Kier molecular flexibility index (Phi) is 3.96. The minimum atomic E-state index is -0.270. The SMILES string of the molecule is CN(CC(=O)NC1CC1)C(=O)c1ncccc1Br. The van der Waals surface area contributed by atoms with Crippen molar-refractivity contribution < 1.29 is 9.59 Å². The number of carbonyl (C=O) groups excluding carboxylic acids is 2. The average molecular weight is 312 g/mol. The zero-order valence-corrected chi connectivity index (χ0v) is 11.6. The highest BCUT2D eigenvalue weighted by Gasteiger charge is 2.25. The lowest BCUT2D eigenvalue weighted by Crippen LogP contribution is -2.39. The van der Waals surface area contributed by atoms with Gasteiger partial charge < -0.3 is 10.2 Å². The standard InChI is InChI=1S/C12H14BrN3O2/c1-16(7-10(17)15-8-4-5-8)12(18)11-9(13)3-2-6-14-11/h2-3,6,8H,4-5,7H2,1H3,(H,15,17). The number of aromatic nitrogens is 1. The summed E-state index contributed by atoms with van der Waals surface area (Å²) in [5.41, 5.74) is 0.319. The number of amides is 2. The molecule has 0 aromatic carbocycles. The molecule has 1 N–H and O–H groups in total. The molecular formula is C12H14BrN3O2. The zero-order chi connectivity index (χ0) is 13.1. The molecule has 6 heteroatoms. The van der Waals surface area contributed by atoms with Gasteiger partial charge in [0.1, 0.15) is 5.69 Å². The first-order valence-electron chi connectivity index (χ1n) is 5.73. The number of likely N-dealkylation sites (N-methyl/N-ethyl adjacent to an activating group) is 1. The molecule has 0 unspecified atom stereocenters. The van der Waals surface area contributed by atoms with Gasteiger partial charge in [0.05, 0.1) is 6.54 Å². The van der Waals surface area contributed by atoms with Gasteiger partial charge in [0, 0.05) is 23.8 Å². The van der Waals surface area contributed by atoms with Crippen LogP contribution in [-0.4, -0.2) is 41.3 Å². The molecule has 1 aliphatic carbocycles. The largest absolute Gasteiger partial charge is 0.352 e. The Morgan fingerprint density at radius 1 is 1.56 bits per heavy atom. The first-order valence-corrected chi connectivity index (χ1v) is 6.52. The fourth-order valence-corrected chi connectivity index (χ4v) is 1.94. The average Bonchev–Trinajstić information content (AvgIpc) is 3.12. The van der Waals surface area contributed by atoms with Crippen LogP contribution in [0.5, 0.6) is 0 Å². The van der Waals surface area contributed by atoms with Gasteiger partial charge in [-0.25, -0.2) is 4.98 Å². The van der Waals surface area contributed by atoms with E-state index in [0.717, 1.165) is 12.8 Å². The lowest BCUT2D eigenvalue weighted by Gasteiger charge is -2.16. The maximum absolute atomic E-state index is 12.1. The summed E-state index contributed by atoms with van der Waals surface area (Å²) in [5.74, 6) is -0.395. The number of hydrogen-bond acceptors (Lipinski definition) is 3. The number of nitrogens with zero attached hydrogens (tertiary/aromatic N) is 2. The summed E-state index contributed by atoms with van der Waals surface area (Å²) in [6.07, 6.45) is 3.63. The van der Waals surface area contributed by atoms with Crippen molar-refractivity contribution in [3.63, 3.8) is 0 Å². The van der Waals surface area contributed by atoms with Crippen molar-refractivity contribution in [3.05, 3.63) is 28.5 Å². The second-order valence-electron chi connectivity index (χ2n) is 4.34. The number of carbonyl (C=O) groups is 2. The fourth-order valence-electron chi connectivity index (χ4n) is 1.51. The Labute approximate surface area is 114 Å². The van der Waals surface area contributed by atoms with Gasteiger partial charge in [-0.3, -0.25) is 9.59 Å².